The van der Waals surface area contributed by atoms with Gasteiger partial charge >= 0.3 is 12.5 Å². The van der Waals surface area contributed by atoms with Gasteiger partial charge in [-0.3, -0.25) is 28.0 Å². The number of rotatable bonds is 10. The largest absolute Gasteiger partial charge is 0.394 e. The number of aromatic amines is 1. The monoisotopic (exact) mass is 629 g/mol. The summed E-state index contributed by atoms with van der Waals surface area (Å²) in [6, 6.07) is 1.06. The maximum atomic E-state index is 15.1. The quantitative estimate of drug-likeness (QED) is 0.102. The molecule has 3 aromatic heterocycles. The van der Waals surface area contributed by atoms with Gasteiger partial charge < -0.3 is 30.2 Å². The Hall–Kier alpha value is -3.18. The Kier molecular flexibility index (Phi) is 8.80. The highest BCUT2D eigenvalue weighted by Crippen LogP contribution is 2.56. The van der Waals surface area contributed by atoms with Crippen LogP contribution < -0.4 is 17.0 Å². The minimum absolute atomic E-state index is 0.0648. The van der Waals surface area contributed by atoms with Gasteiger partial charge in [-0.25, -0.2) is 28.7 Å². The van der Waals surface area contributed by atoms with Crippen molar-refractivity contribution in [3.8, 4) is 12.3 Å². The van der Waals surface area contributed by atoms with Crippen LogP contribution in [0, 0.1) is 12.3 Å². The van der Waals surface area contributed by atoms with Crippen LogP contribution in [0.15, 0.2) is 34.5 Å². The van der Waals surface area contributed by atoms with E-state index in [-0.39, 0.29) is 23.6 Å². The number of halogens is 1. The second-order valence-electron chi connectivity index (χ2n) is 9.16. The van der Waals surface area contributed by atoms with Crippen LogP contribution in [-0.2, 0) is 27.8 Å². The van der Waals surface area contributed by atoms with Crippen molar-refractivity contribution in [3.63, 3.8) is 0 Å². The molecule has 5 heterocycles. The maximum Gasteiger partial charge on any atom is 0.386 e. The average Bonchev–Trinajstić information content (AvgIpc) is 3.61. The van der Waals surface area contributed by atoms with Crippen LogP contribution >= 0.6 is 19.0 Å². The van der Waals surface area contributed by atoms with Crippen molar-refractivity contribution >= 4 is 36.0 Å². The maximum absolute atomic E-state index is 15.1. The molecule has 0 spiro atoms. The number of nitrogens with zero attached hydrogens (tertiary/aromatic N) is 5. The number of terminal acetylenes is 1. The number of thiol groups is 1. The molecule has 2 saturated heterocycles. The van der Waals surface area contributed by atoms with Crippen LogP contribution in [0.4, 0.5) is 10.2 Å². The van der Waals surface area contributed by atoms with Crippen LogP contribution in [-0.4, -0.2) is 95.8 Å². The summed E-state index contributed by atoms with van der Waals surface area (Å²) in [5, 5.41) is 20.4. The summed E-state index contributed by atoms with van der Waals surface area (Å²) < 4.78 is 58.4. The summed E-state index contributed by atoms with van der Waals surface area (Å²) in [6.07, 6.45) is -2.64. The van der Waals surface area contributed by atoms with Gasteiger partial charge in [-0.05, 0) is 0 Å². The summed E-state index contributed by atoms with van der Waals surface area (Å²) in [6.45, 7) is -5.97. The number of hydrogen-bond acceptors (Lipinski definition) is 14. The van der Waals surface area contributed by atoms with E-state index in [9.17, 15) is 24.4 Å². The Labute approximate surface area is 240 Å². The molecule has 0 aliphatic carbocycles. The third-order valence-corrected chi connectivity index (χ3v) is 8.18. The number of aromatic nitrogens is 6. The molecule has 17 nitrogen and oxygen atoms in total. The van der Waals surface area contributed by atoms with E-state index in [0.717, 1.165) is 23.2 Å². The Morgan fingerprint density at radius 3 is 2.69 bits per heavy atom. The number of hydrogen-bond donors (Lipinski definition) is 5. The number of nitrogen functional groups attached to an aromatic ring is 1. The minimum atomic E-state index is -4.37. The van der Waals surface area contributed by atoms with Gasteiger partial charge in [0.1, 0.15) is 49.0 Å². The molecule has 2 aliphatic heterocycles. The Morgan fingerprint density at radius 1 is 1.21 bits per heavy atom. The summed E-state index contributed by atoms with van der Waals surface area (Å²) in [4.78, 5) is 37.9. The number of nitrogens with two attached hydrogens (primary N) is 1. The molecule has 226 valence electrons. The van der Waals surface area contributed by atoms with Gasteiger partial charge in [0, 0.05) is 12.3 Å². The minimum Gasteiger partial charge on any atom is -0.394 e. The van der Waals surface area contributed by atoms with E-state index < -0.39 is 80.4 Å². The molecule has 20 heteroatoms. The average molecular weight is 630 g/mol. The zero-order valence-corrected chi connectivity index (χ0v) is 23.2. The lowest BCUT2D eigenvalue weighted by atomic mass is 10.1. The van der Waals surface area contributed by atoms with Crippen LogP contribution in [0.2, 0.25) is 0 Å². The van der Waals surface area contributed by atoms with Gasteiger partial charge in [0.25, 0.3) is 5.56 Å². The molecule has 9 atom stereocenters. The van der Waals surface area contributed by atoms with Crippen molar-refractivity contribution in [2.45, 2.75) is 49.1 Å². The zero-order chi connectivity index (χ0) is 30.2. The smallest absolute Gasteiger partial charge is 0.386 e. The van der Waals surface area contributed by atoms with Gasteiger partial charge in [0.05, 0.1) is 19.5 Å². The van der Waals surface area contributed by atoms with E-state index in [2.05, 4.69) is 38.1 Å². The van der Waals surface area contributed by atoms with Crippen LogP contribution in [0.25, 0.3) is 11.2 Å². The number of imidazole rings is 1. The molecule has 5 rings (SSSR count). The lowest BCUT2D eigenvalue weighted by Crippen LogP contribution is -2.40. The summed E-state index contributed by atoms with van der Waals surface area (Å²) in [7, 11) is 0. The van der Waals surface area contributed by atoms with Crippen molar-refractivity contribution in [1.82, 2.24) is 29.1 Å². The highest BCUT2D eigenvalue weighted by Gasteiger charge is 2.51. The second kappa shape index (κ2) is 12.2. The number of aliphatic hydroxyl groups is 2. The molecule has 2 fully saturated rings. The van der Waals surface area contributed by atoms with Crippen molar-refractivity contribution < 1.29 is 42.4 Å². The van der Waals surface area contributed by atoms with Gasteiger partial charge in [0.2, 0.25) is 0 Å². The molecule has 0 saturated carbocycles. The predicted octanol–water partition coefficient (Wildman–Crippen LogP) is -1.10. The molecule has 5 unspecified atom stereocenters. The van der Waals surface area contributed by atoms with Crippen molar-refractivity contribution in [1.29, 1.82) is 0 Å². The second-order valence-corrected chi connectivity index (χ2v) is 12.0. The van der Waals surface area contributed by atoms with E-state index in [1.54, 1.807) is 0 Å². The SMILES string of the molecule is C#CCOC1C(OP(=O)(S)OC[C@H]2O[C@@H](n3cnc4c(N)ncnc43)C(F)C2O)[C@@H](CO)O[C@H]1n1ccc(=O)[nH]c1=O. The predicted molar refractivity (Wildman–Crippen MR) is 143 cm³/mol. The molecule has 0 aromatic carbocycles. The van der Waals surface area contributed by atoms with Crippen LogP contribution in [0.3, 0.4) is 0 Å². The molecule has 0 bridgehead atoms. The first-order valence-electron chi connectivity index (χ1n) is 12.2. The normalized spacial score (nSPS) is 30.8. The van der Waals surface area contributed by atoms with Crippen molar-refractivity contribution in [2.75, 3.05) is 25.6 Å². The van der Waals surface area contributed by atoms with E-state index in [1.165, 1.54) is 10.9 Å². The molecule has 0 amide bonds. The Morgan fingerprint density at radius 2 is 1.98 bits per heavy atom. The Balaban J connectivity index is 1.30. The molecule has 42 heavy (non-hydrogen) atoms. The summed E-state index contributed by atoms with van der Waals surface area (Å²) in [5.74, 6) is 2.31. The van der Waals surface area contributed by atoms with Crippen molar-refractivity contribution in [2.24, 2.45) is 0 Å². The fourth-order valence-corrected chi connectivity index (χ4v) is 6.12. The first-order chi connectivity index (χ1) is 20.0. The van der Waals surface area contributed by atoms with E-state index in [4.69, 9.17) is 35.4 Å². The number of fused-ring (bicyclic) bond motifs is 1. The van der Waals surface area contributed by atoms with E-state index in [1.807, 2.05) is 0 Å². The van der Waals surface area contributed by atoms with E-state index >= 15 is 4.39 Å². The van der Waals surface area contributed by atoms with Gasteiger partial charge in [-0.15, -0.1) is 6.42 Å². The number of aliphatic hydroxyl groups excluding tert-OH is 2. The molecule has 0 radical (unpaired) electrons. The number of alkyl halides is 1. The highest BCUT2D eigenvalue weighted by atomic mass is 32.7. The van der Waals surface area contributed by atoms with Crippen LogP contribution in [0.5, 0.6) is 0 Å². The Bertz CT molecular complexity index is 1650. The summed E-state index contributed by atoms with van der Waals surface area (Å²) >= 11 is 3.98. The van der Waals surface area contributed by atoms with Crippen molar-refractivity contribution in [3.05, 3.63) is 45.8 Å². The zero-order valence-electron chi connectivity index (χ0n) is 21.4. The molecular formula is C22H25FN7O10PS. The number of H-pyrrole nitrogens is 1. The third kappa shape index (κ3) is 5.86. The lowest BCUT2D eigenvalue weighted by molar-refractivity contribution is -0.0677. The summed E-state index contributed by atoms with van der Waals surface area (Å²) in [5.41, 5.74) is 4.62. The number of anilines is 1. The standard InChI is InChI=1S/C22H25FN7O10PS/c1-2-5-36-17-16(10(6-31)38-21(17)29-4-3-12(32)28-22(29)34)40-41(35,42)37-7-11-15(33)13(23)20(39-11)30-9-27-14-18(24)25-8-26-19(14)30/h1,3-4,8-11,13,15-17,20-21,31,33H,5-7H2,(H,35,42)(H2,24,25,26)(H,28,32,34)/t10-,11-,13?,15?,16?,17?,20-,21-,41?/m1/s1. The number of ether oxygens (including phenoxy) is 3. The molecular weight excluding hydrogens is 604 g/mol. The van der Waals surface area contributed by atoms with E-state index in [0.29, 0.717) is 0 Å². The van der Waals surface area contributed by atoms with Crippen LogP contribution in [0.1, 0.15) is 12.5 Å². The highest BCUT2D eigenvalue weighted by molar-refractivity contribution is 8.44. The molecule has 3 aromatic rings. The van der Waals surface area contributed by atoms with Gasteiger partial charge in [-0.1, -0.05) is 18.2 Å². The first kappa shape index (κ1) is 30.3. The molecule has 2 aliphatic rings. The fourth-order valence-electron chi connectivity index (χ4n) is 4.63. The fraction of sp³-hybridized carbons (Fsp3) is 0.500. The van der Waals surface area contributed by atoms with Gasteiger partial charge in [0.15, 0.2) is 30.1 Å². The lowest BCUT2D eigenvalue weighted by Gasteiger charge is -2.26. The third-order valence-electron chi connectivity index (χ3n) is 6.56. The first-order valence-corrected chi connectivity index (χ1v) is 14.9. The topological polar surface area (TPSA) is 228 Å². The number of nitrogens with one attached hydrogen (secondary N) is 1. The molecule has 5 N–H and O–H groups in total. The van der Waals surface area contributed by atoms with Gasteiger partial charge in [-0.2, -0.15) is 0 Å².